The summed E-state index contributed by atoms with van der Waals surface area (Å²) in [4.78, 5) is 39.8. The lowest BCUT2D eigenvalue weighted by atomic mass is 9.99. The van der Waals surface area contributed by atoms with Gasteiger partial charge in [0, 0.05) is 37.9 Å². The molecule has 0 bridgehead atoms. The summed E-state index contributed by atoms with van der Waals surface area (Å²) in [5.41, 5.74) is -0.844. The lowest BCUT2D eigenvalue weighted by molar-refractivity contribution is -0.278. The topological polar surface area (TPSA) is 180 Å². The minimum absolute atomic E-state index is 0.0963. The van der Waals surface area contributed by atoms with Crippen molar-refractivity contribution < 1.29 is 48.6 Å². The first-order valence-electron chi connectivity index (χ1n) is 12.6. The van der Waals surface area contributed by atoms with Crippen molar-refractivity contribution in [2.45, 2.75) is 62.6 Å². The van der Waals surface area contributed by atoms with Gasteiger partial charge in [-0.25, -0.2) is 14.0 Å². The normalized spacial score (nSPS) is 29.3. The Bertz CT molecular complexity index is 1360. The summed E-state index contributed by atoms with van der Waals surface area (Å²) in [6.45, 7) is 3.63. The van der Waals surface area contributed by atoms with Crippen LogP contribution in [0.3, 0.4) is 0 Å². The van der Waals surface area contributed by atoms with Gasteiger partial charge in [0.2, 0.25) is 11.7 Å². The van der Waals surface area contributed by atoms with Gasteiger partial charge in [0.1, 0.15) is 29.6 Å². The third-order valence-corrected chi connectivity index (χ3v) is 7.28. The maximum atomic E-state index is 15.6. The number of nitrogens with one attached hydrogen (secondary N) is 1. The second kappa shape index (κ2) is 10.4. The fourth-order valence-corrected chi connectivity index (χ4v) is 5.17. The Kier molecular flexibility index (Phi) is 7.24. The van der Waals surface area contributed by atoms with Gasteiger partial charge in [-0.05, 0) is 25.8 Å². The third-order valence-electron chi connectivity index (χ3n) is 7.28. The molecule has 3 fully saturated rings. The van der Waals surface area contributed by atoms with Gasteiger partial charge >= 0.3 is 11.9 Å². The van der Waals surface area contributed by atoms with Crippen LogP contribution in [0.25, 0.3) is 10.9 Å². The second-order valence-corrected chi connectivity index (χ2v) is 10.1. The molecule has 2 aliphatic heterocycles. The number of aliphatic hydroxyl groups is 3. The number of ether oxygens (including phenoxy) is 3. The molecule has 14 heteroatoms. The number of aliphatic hydroxyl groups excluding tert-OH is 3. The van der Waals surface area contributed by atoms with Crippen molar-refractivity contribution >= 4 is 28.5 Å². The van der Waals surface area contributed by atoms with Crippen molar-refractivity contribution in [1.29, 1.82) is 0 Å². The van der Waals surface area contributed by atoms with Gasteiger partial charge in [-0.2, -0.15) is 0 Å². The number of piperazine rings is 1. The van der Waals surface area contributed by atoms with E-state index in [-0.39, 0.29) is 28.9 Å². The predicted octanol–water partition coefficient (Wildman–Crippen LogP) is -0.669. The number of carbonyl (C=O) groups excluding carboxylic acids is 1. The summed E-state index contributed by atoms with van der Waals surface area (Å²) in [5, 5.41) is 42.5. The minimum atomic E-state index is -2.00. The first kappa shape index (κ1) is 27.3. The molecule has 5 N–H and O–H groups in total. The Labute approximate surface area is 221 Å². The van der Waals surface area contributed by atoms with Gasteiger partial charge in [-0.1, -0.05) is 0 Å². The fraction of sp³-hybridized carbons (Fsp3) is 0.560. The standard InChI is InChI=1S/C25H30FN3O10/c1-10-8-28(6-5-27-10)16-14(26)7-12-15(21(16)37-2)29(11-3-4-11)9-13(17(12)30)24(36)39-25-20(33)18(31)19(32)22(38-25)23(34)35/h7,9-11,18-20,22,25,27,31-33H,3-6,8H2,1-2H3,(H,34,35). The van der Waals surface area contributed by atoms with Crippen LogP contribution in [0.1, 0.15) is 36.2 Å². The van der Waals surface area contributed by atoms with Crippen LogP contribution in [-0.4, -0.2) is 100 Å². The van der Waals surface area contributed by atoms with Crippen molar-refractivity contribution in [2.24, 2.45) is 0 Å². The molecule has 2 saturated heterocycles. The molecule has 3 heterocycles. The van der Waals surface area contributed by atoms with Crippen LogP contribution in [0.5, 0.6) is 5.75 Å². The Morgan fingerprint density at radius 2 is 1.90 bits per heavy atom. The molecule has 0 spiro atoms. The zero-order valence-corrected chi connectivity index (χ0v) is 21.2. The van der Waals surface area contributed by atoms with E-state index in [0.29, 0.717) is 25.2 Å². The molecule has 1 aliphatic carbocycles. The Morgan fingerprint density at radius 1 is 1.18 bits per heavy atom. The van der Waals surface area contributed by atoms with E-state index in [1.54, 1.807) is 4.57 Å². The number of hydrogen-bond donors (Lipinski definition) is 5. The van der Waals surface area contributed by atoms with Gasteiger partial charge < -0.3 is 49.4 Å². The molecule has 1 aromatic heterocycles. The largest absolute Gasteiger partial charge is 0.492 e. The maximum Gasteiger partial charge on any atom is 0.346 e. The zero-order chi connectivity index (χ0) is 28.2. The van der Waals surface area contributed by atoms with Crippen LogP contribution in [0.4, 0.5) is 10.1 Å². The van der Waals surface area contributed by atoms with E-state index in [1.165, 1.54) is 13.3 Å². The molecule has 212 valence electrons. The highest BCUT2D eigenvalue weighted by atomic mass is 19.1. The monoisotopic (exact) mass is 551 g/mol. The number of benzene rings is 1. The number of rotatable bonds is 6. The highest BCUT2D eigenvalue weighted by molar-refractivity contribution is 5.98. The van der Waals surface area contributed by atoms with Gasteiger partial charge in [-0.3, -0.25) is 4.79 Å². The highest BCUT2D eigenvalue weighted by Gasteiger charge is 2.49. The first-order chi connectivity index (χ1) is 18.5. The average Bonchev–Trinajstić information content (AvgIpc) is 3.74. The van der Waals surface area contributed by atoms with E-state index in [0.717, 1.165) is 18.9 Å². The third kappa shape index (κ3) is 4.82. The quantitative estimate of drug-likeness (QED) is 0.286. The number of carboxylic acids is 1. The van der Waals surface area contributed by atoms with Gasteiger partial charge in [0.15, 0.2) is 17.7 Å². The van der Waals surface area contributed by atoms with Gasteiger partial charge in [0.25, 0.3) is 0 Å². The molecule has 3 aliphatic rings. The minimum Gasteiger partial charge on any atom is -0.492 e. The van der Waals surface area contributed by atoms with E-state index in [1.807, 2.05) is 11.8 Å². The number of halogens is 1. The smallest absolute Gasteiger partial charge is 0.346 e. The lowest BCUT2D eigenvalue weighted by Gasteiger charge is -2.37. The number of pyridine rings is 1. The molecule has 0 amide bonds. The first-order valence-corrected chi connectivity index (χ1v) is 12.6. The Hall–Kier alpha value is -3.30. The fourth-order valence-electron chi connectivity index (χ4n) is 5.17. The van der Waals surface area contributed by atoms with Crippen LogP contribution in [0.2, 0.25) is 0 Å². The number of methoxy groups -OCH3 is 1. The van der Waals surface area contributed by atoms with Crippen molar-refractivity contribution in [3.63, 3.8) is 0 Å². The second-order valence-electron chi connectivity index (χ2n) is 10.1. The predicted molar refractivity (Wildman–Crippen MR) is 132 cm³/mol. The number of hydrogen-bond acceptors (Lipinski definition) is 11. The highest BCUT2D eigenvalue weighted by Crippen LogP contribution is 2.44. The van der Waals surface area contributed by atoms with E-state index in [2.05, 4.69) is 5.32 Å². The van der Waals surface area contributed by atoms with Gasteiger partial charge in [0.05, 0.1) is 18.0 Å². The SMILES string of the molecule is COc1c(N2CCNC(C)C2)c(F)cc2c(=O)c(C(=O)OC3OC(C(=O)O)C(O)C(O)C3O)cn(C3CC3)c12. The van der Waals surface area contributed by atoms with Crippen molar-refractivity contribution in [2.75, 3.05) is 31.6 Å². The van der Waals surface area contributed by atoms with E-state index < -0.39 is 59.5 Å². The molecular formula is C25H30FN3O10. The van der Waals surface area contributed by atoms with Gasteiger partial charge in [-0.15, -0.1) is 0 Å². The number of fused-ring (bicyclic) bond motifs is 1. The van der Waals surface area contributed by atoms with E-state index in [4.69, 9.17) is 14.2 Å². The van der Waals surface area contributed by atoms with E-state index >= 15 is 4.39 Å². The van der Waals surface area contributed by atoms with Crippen LogP contribution in [-0.2, 0) is 14.3 Å². The zero-order valence-electron chi connectivity index (χ0n) is 21.2. The van der Waals surface area contributed by atoms with Crippen LogP contribution in [0.15, 0.2) is 17.1 Å². The number of carboxylic acid groups (broad SMARTS) is 1. The van der Waals surface area contributed by atoms with Crippen LogP contribution in [0, 0.1) is 5.82 Å². The molecule has 6 atom stereocenters. The summed E-state index contributed by atoms with van der Waals surface area (Å²) in [7, 11) is 1.38. The molecule has 1 saturated carbocycles. The molecule has 2 aromatic rings. The van der Waals surface area contributed by atoms with E-state index in [9.17, 15) is 34.8 Å². The molecule has 39 heavy (non-hydrogen) atoms. The summed E-state index contributed by atoms with van der Waals surface area (Å²) >= 11 is 0. The van der Waals surface area contributed by atoms with Crippen molar-refractivity contribution in [3.05, 3.63) is 33.9 Å². The molecule has 0 radical (unpaired) electrons. The number of carbonyl (C=O) groups is 2. The Morgan fingerprint density at radius 3 is 2.51 bits per heavy atom. The molecule has 13 nitrogen and oxygen atoms in total. The summed E-state index contributed by atoms with van der Waals surface area (Å²) in [6.07, 6.45) is -7.22. The number of aromatic nitrogens is 1. The van der Waals surface area contributed by atoms with Crippen molar-refractivity contribution in [1.82, 2.24) is 9.88 Å². The number of esters is 1. The molecule has 1 aromatic carbocycles. The number of nitrogens with zero attached hydrogens (tertiary/aromatic N) is 2. The summed E-state index contributed by atoms with van der Waals surface area (Å²) in [5.74, 6) is -3.48. The van der Waals surface area contributed by atoms with Crippen molar-refractivity contribution in [3.8, 4) is 5.75 Å². The Balaban J connectivity index is 1.57. The van der Waals surface area contributed by atoms with Crippen LogP contribution < -0.4 is 20.4 Å². The summed E-state index contributed by atoms with van der Waals surface area (Å²) < 4.78 is 33.0. The molecule has 5 rings (SSSR count). The lowest BCUT2D eigenvalue weighted by Crippen LogP contribution is -2.60. The number of aliphatic carboxylic acids is 1. The molecular weight excluding hydrogens is 521 g/mol. The summed E-state index contributed by atoms with van der Waals surface area (Å²) in [6, 6.07) is 1.06. The average molecular weight is 552 g/mol. The van der Waals surface area contributed by atoms with Crippen LogP contribution >= 0.6 is 0 Å². The molecule has 6 unspecified atom stereocenters. The number of anilines is 1. The maximum absolute atomic E-state index is 15.6.